The normalized spacial score (nSPS) is 11.8. The van der Waals surface area contributed by atoms with Gasteiger partial charge in [0.2, 0.25) is 0 Å². The van der Waals surface area contributed by atoms with E-state index in [-0.39, 0.29) is 0 Å². The molecule has 0 fully saturated rings. The molecule has 15 heavy (non-hydrogen) atoms. The molecular weight excluding hydrogens is 184 g/mol. The summed E-state index contributed by atoms with van der Waals surface area (Å²) in [6.45, 7) is 4.49. The van der Waals surface area contributed by atoms with Crippen molar-refractivity contribution in [2.24, 2.45) is 0 Å². The van der Waals surface area contributed by atoms with Gasteiger partial charge in [-0.25, -0.2) is 0 Å². The average Bonchev–Trinajstić information content (AvgIpc) is 2.27. The molecule has 0 amide bonds. The van der Waals surface area contributed by atoms with Gasteiger partial charge in [-0.05, 0) is 25.3 Å². The molecule has 90 valence electrons. The molecule has 0 atom stereocenters. The summed E-state index contributed by atoms with van der Waals surface area (Å²) in [5, 5.41) is 0. The van der Waals surface area contributed by atoms with E-state index < -0.39 is 0 Å². The van der Waals surface area contributed by atoms with Crippen LogP contribution in [-0.2, 0) is 4.74 Å². The van der Waals surface area contributed by atoms with Crippen molar-refractivity contribution in [2.45, 2.75) is 71.6 Å². The van der Waals surface area contributed by atoms with Crippen molar-refractivity contribution < 1.29 is 4.74 Å². The lowest BCUT2D eigenvalue weighted by Crippen LogP contribution is -1.88. The maximum atomic E-state index is 5.37. The van der Waals surface area contributed by atoms with E-state index in [1.807, 2.05) is 0 Å². The third-order valence-corrected chi connectivity index (χ3v) is 2.72. The largest absolute Gasteiger partial charge is 0.501 e. The van der Waals surface area contributed by atoms with Crippen molar-refractivity contribution in [3.8, 4) is 0 Å². The number of hydrogen-bond acceptors (Lipinski definition) is 1. The maximum absolute atomic E-state index is 5.37. The molecule has 0 heterocycles. The highest BCUT2D eigenvalue weighted by Crippen LogP contribution is 2.12. The molecule has 0 aromatic heterocycles. The van der Waals surface area contributed by atoms with Crippen LogP contribution in [0.5, 0.6) is 0 Å². The zero-order valence-electron chi connectivity index (χ0n) is 10.8. The first-order valence-corrected chi connectivity index (χ1v) is 6.58. The monoisotopic (exact) mass is 212 g/mol. The molecule has 0 aliphatic heterocycles. The van der Waals surface area contributed by atoms with Crippen molar-refractivity contribution in [1.29, 1.82) is 0 Å². The summed E-state index contributed by atoms with van der Waals surface area (Å²) in [5.74, 6) is 1.20. The van der Waals surface area contributed by atoms with Crippen LogP contribution in [0, 0.1) is 0 Å². The lowest BCUT2D eigenvalue weighted by atomic mass is 10.1. The summed E-state index contributed by atoms with van der Waals surface area (Å²) in [6.07, 6.45) is 13.8. The average molecular weight is 212 g/mol. The van der Waals surface area contributed by atoms with Gasteiger partial charge in [-0.1, -0.05) is 46.0 Å². The van der Waals surface area contributed by atoms with Crippen LogP contribution in [0.4, 0.5) is 0 Å². The highest BCUT2D eigenvalue weighted by atomic mass is 16.5. The maximum Gasteiger partial charge on any atom is 0.0915 e. The summed E-state index contributed by atoms with van der Waals surface area (Å²) in [6, 6.07) is 0. The molecule has 0 aliphatic carbocycles. The van der Waals surface area contributed by atoms with Gasteiger partial charge in [-0.2, -0.15) is 0 Å². The first kappa shape index (κ1) is 14.5. The smallest absolute Gasteiger partial charge is 0.0915 e. The molecule has 1 nitrogen and oxygen atoms in total. The molecule has 0 unspecified atom stereocenters. The molecule has 0 radical (unpaired) electrons. The molecule has 0 N–H and O–H groups in total. The second kappa shape index (κ2) is 11.6. The molecule has 0 bridgehead atoms. The van der Waals surface area contributed by atoms with Crippen LogP contribution in [0.2, 0.25) is 0 Å². The highest BCUT2D eigenvalue weighted by molar-refractivity contribution is 4.92. The summed E-state index contributed by atoms with van der Waals surface area (Å²) >= 11 is 0. The van der Waals surface area contributed by atoms with Gasteiger partial charge in [-0.15, -0.1) is 0 Å². The van der Waals surface area contributed by atoms with Gasteiger partial charge in [0.15, 0.2) is 0 Å². The number of rotatable bonds is 10. The molecule has 0 rings (SSSR count). The lowest BCUT2D eigenvalue weighted by molar-refractivity contribution is 0.272. The number of hydrogen-bond donors (Lipinski definition) is 0. The minimum Gasteiger partial charge on any atom is -0.501 e. The van der Waals surface area contributed by atoms with Crippen LogP contribution in [0.1, 0.15) is 71.6 Å². The third-order valence-electron chi connectivity index (χ3n) is 2.72. The van der Waals surface area contributed by atoms with Gasteiger partial charge >= 0.3 is 0 Å². The Balaban J connectivity index is 3.51. The van der Waals surface area contributed by atoms with Gasteiger partial charge in [0.1, 0.15) is 0 Å². The van der Waals surface area contributed by atoms with Crippen molar-refractivity contribution in [2.75, 3.05) is 7.11 Å². The minimum absolute atomic E-state index is 1.13. The fourth-order valence-corrected chi connectivity index (χ4v) is 1.67. The van der Waals surface area contributed by atoms with Gasteiger partial charge in [0.05, 0.1) is 12.9 Å². The predicted octanol–water partition coefficient (Wildman–Crippen LogP) is 5.07. The van der Waals surface area contributed by atoms with Crippen molar-refractivity contribution >= 4 is 0 Å². The standard InChI is InChI=1S/C14H28O/c1-4-6-8-10-12-14(15-3)13-11-9-7-5-2/h12H,4-11,13H2,1-3H3. The first-order chi connectivity index (χ1) is 7.35. The Labute approximate surface area is 95.9 Å². The molecule has 0 saturated carbocycles. The number of methoxy groups -OCH3 is 1. The summed E-state index contributed by atoms with van der Waals surface area (Å²) < 4.78 is 5.37. The van der Waals surface area contributed by atoms with E-state index in [1.165, 1.54) is 57.1 Å². The minimum atomic E-state index is 1.13. The Morgan fingerprint density at radius 2 is 1.60 bits per heavy atom. The van der Waals surface area contributed by atoms with Crippen molar-refractivity contribution in [3.63, 3.8) is 0 Å². The van der Waals surface area contributed by atoms with E-state index in [1.54, 1.807) is 7.11 Å². The molecule has 0 aromatic carbocycles. The highest BCUT2D eigenvalue weighted by Gasteiger charge is 1.96. The van der Waals surface area contributed by atoms with Gasteiger partial charge in [-0.3, -0.25) is 0 Å². The molecule has 0 aliphatic rings. The van der Waals surface area contributed by atoms with E-state index >= 15 is 0 Å². The summed E-state index contributed by atoms with van der Waals surface area (Å²) in [7, 11) is 1.80. The fraction of sp³-hybridized carbons (Fsp3) is 0.857. The second-order valence-corrected chi connectivity index (χ2v) is 4.18. The zero-order valence-corrected chi connectivity index (χ0v) is 10.8. The van der Waals surface area contributed by atoms with Crippen LogP contribution < -0.4 is 0 Å². The fourth-order valence-electron chi connectivity index (χ4n) is 1.67. The number of ether oxygens (including phenoxy) is 1. The van der Waals surface area contributed by atoms with Crippen LogP contribution in [-0.4, -0.2) is 7.11 Å². The molecule has 0 spiro atoms. The first-order valence-electron chi connectivity index (χ1n) is 6.58. The molecule has 0 aromatic rings. The Hall–Kier alpha value is -0.460. The number of allylic oxidation sites excluding steroid dienone is 2. The predicted molar refractivity (Wildman–Crippen MR) is 68.0 cm³/mol. The Kier molecular flexibility index (Phi) is 11.3. The molecular formula is C14H28O. The molecule has 0 saturated heterocycles. The molecule has 1 heteroatoms. The van der Waals surface area contributed by atoms with Crippen LogP contribution in [0.15, 0.2) is 11.8 Å². The van der Waals surface area contributed by atoms with E-state index in [2.05, 4.69) is 19.9 Å². The van der Waals surface area contributed by atoms with E-state index in [4.69, 9.17) is 4.74 Å². The van der Waals surface area contributed by atoms with Gasteiger partial charge < -0.3 is 4.74 Å². The lowest BCUT2D eigenvalue weighted by Gasteiger charge is -2.06. The van der Waals surface area contributed by atoms with Crippen molar-refractivity contribution in [1.82, 2.24) is 0 Å². The quantitative estimate of drug-likeness (QED) is 0.363. The topological polar surface area (TPSA) is 9.23 Å². The summed E-state index contributed by atoms with van der Waals surface area (Å²) in [4.78, 5) is 0. The van der Waals surface area contributed by atoms with Crippen LogP contribution in [0.25, 0.3) is 0 Å². The van der Waals surface area contributed by atoms with Crippen molar-refractivity contribution in [3.05, 3.63) is 11.8 Å². The van der Waals surface area contributed by atoms with E-state index in [0.29, 0.717) is 0 Å². The van der Waals surface area contributed by atoms with E-state index in [9.17, 15) is 0 Å². The van der Waals surface area contributed by atoms with Crippen LogP contribution in [0.3, 0.4) is 0 Å². The Bertz CT molecular complexity index is 149. The zero-order chi connectivity index (χ0) is 11.4. The SMILES string of the molecule is CCCCCC=C(CCCCCC)OC. The second-order valence-electron chi connectivity index (χ2n) is 4.18. The summed E-state index contributed by atoms with van der Waals surface area (Å²) in [5.41, 5.74) is 0. The van der Waals surface area contributed by atoms with E-state index in [0.717, 1.165) is 6.42 Å². The Morgan fingerprint density at radius 3 is 2.20 bits per heavy atom. The Morgan fingerprint density at radius 1 is 0.933 bits per heavy atom. The van der Waals surface area contributed by atoms with Gasteiger partial charge in [0, 0.05) is 6.42 Å². The number of unbranched alkanes of at least 4 members (excludes halogenated alkanes) is 6. The van der Waals surface area contributed by atoms with Gasteiger partial charge in [0.25, 0.3) is 0 Å². The van der Waals surface area contributed by atoms with Crippen LogP contribution >= 0.6 is 0 Å². The third kappa shape index (κ3) is 9.84.